The summed E-state index contributed by atoms with van der Waals surface area (Å²) in [6.45, 7) is 1.88. The van der Waals surface area contributed by atoms with Gasteiger partial charge in [-0.25, -0.2) is 4.39 Å². The third kappa shape index (κ3) is 2.77. The van der Waals surface area contributed by atoms with Crippen LogP contribution in [0.1, 0.15) is 19.3 Å². The van der Waals surface area contributed by atoms with Gasteiger partial charge in [-0.2, -0.15) is 0 Å². The van der Waals surface area contributed by atoms with E-state index in [2.05, 4.69) is 5.32 Å². The van der Waals surface area contributed by atoms with Gasteiger partial charge in [0.05, 0.1) is 0 Å². The lowest BCUT2D eigenvalue weighted by Crippen LogP contribution is -2.44. The molecule has 0 aliphatic carbocycles. The molecule has 108 valence electrons. The summed E-state index contributed by atoms with van der Waals surface area (Å²) in [6, 6.07) is 6.40. The zero-order valence-electron chi connectivity index (χ0n) is 11.3. The van der Waals surface area contributed by atoms with Gasteiger partial charge in [-0.15, -0.1) is 0 Å². The maximum absolute atomic E-state index is 12.8. The van der Waals surface area contributed by atoms with Gasteiger partial charge in [0.1, 0.15) is 11.6 Å². The van der Waals surface area contributed by atoms with Gasteiger partial charge >= 0.3 is 0 Å². The fourth-order valence-electron chi connectivity index (χ4n) is 3.14. The average molecular weight is 278 g/mol. The van der Waals surface area contributed by atoms with Crippen molar-refractivity contribution < 1.29 is 13.9 Å². The molecule has 2 aliphatic rings. The van der Waals surface area contributed by atoms with E-state index in [9.17, 15) is 9.18 Å². The number of hydrogen-bond acceptors (Lipinski definition) is 3. The van der Waals surface area contributed by atoms with E-state index in [1.165, 1.54) is 12.1 Å². The summed E-state index contributed by atoms with van der Waals surface area (Å²) in [5, 5.41) is 3.37. The number of ether oxygens (including phenoxy) is 1. The molecule has 2 bridgehead atoms. The van der Waals surface area contributed by atoms with Crippen molar-refractivity contribution in [2.75, 3.05) is 19.7 Å². The van der Waals surface area contributed by atoms with Crippen LogP contribution in [0.3, 0.4) is 0 Å². The Morgan fingerprint density at radius 1 is 1.25 bits per heavy atom. The van der Waals surface area contributed by atoms with E-state index in [-0.39, 0.29) is 18.3 Å². The topological polar surface area (TPSA) is 41.6 Å². The van der Waals surface area contributed by atoms with Crippen LogP contribution in [0.4, 0.5) is 4.39 Å². The number of carbonyl (C=O) groups excluding carboxylic acids is 1. The zero-order chi connectivity index (χ0) is 13.9. The van der Waals surface area contributed by atoms with Crippen molar-refractivity contribution in [1.82, 2.24) is 10.2 Å². The van der Waals surface area contributed by atoms with Crippen molar-refractivity contribution in [3.8, 4) is 5.75 Å². The molecular weight excluding hydrogens is 259 g/mol. The quantitative estimate of drug-likeness (QED) is 0.912. The lowest BCUT2D eigenvalue weighted by Gasteiger charge is -2.27. The zero-order valence-corrected chi connectivity index (χ0v) is 11.3. The van der Waals surface area contributed by atoms with Crippen LogP contribution in [-0.2, 0) is 4.79 Å². The van der Waals surface area contributed by atoms with Gasteiger partial charge in [0.25, 0.3) is 5.91 Å². The Labute approximate surface area is 117 Å². The molecule has 0 saturated carbocycles. The van der Waals surface area contributed by atoms with Crippen LogP contribution in [0.2, 0.25) is 0 Å². The highest BCUT2D eigenvalue weighted by Gasteiger charge is 2.37. The maximum atomic E-state index is 12.8. The third-order valence-electron chi connectivity index (χ3n) is 4.12. The molecule has 2 fully saturated rings. The number of carbonyl (C=O) groups is 1. The van der Waals surface area contributed by atoms with Gasteiger partial charge in [0, 0.05) is 18.6 Å². The van der Waals surface area contributed by atoms with E-state index < -0.39 is 0 Å². The van der Waals surface area contributed by atoms with Crippen LogP contribution < -0.4 is 10.1 Å². The molecule has 20 heavy (non-hydrogen) atoms. The second kappa shape index (κ2) is 5.79. The molecule has 2 atom stereocenters. The van der Waals surface area contributed by atoms with Crippen LogP contribution >= 0.6 is 0 Å². The fraction of sp³-hybridized carbons (Fsp3) is 0.533. The molecule has 2 aliphatic heterocycles. The van der Waals surface area contributed by atoms with Crippen molar-refractivity contribution in [3.05, 3.63) is 30.1 Å². The number of benzene rings is 1. The molecular formula is C15H19FN2O2. The molecule has 0 aromatic heterocycles. The second-order valence-electron chi connectivity index (χ2n) is 5.42. The van der Waals surface area contributed by atoms with Gasteiger partial charge in [-0.05, 0) is 50.1 Å². The average Bonchev–Trinajstić information content (AvgIpc) is 2.71. The number of amides is 1. The van der Waals surface area contributed by atoms with Crippen LogP contribution in [0.15, 0.2) is 24.3 Å². The first-order chi connectivity index (χ1) is 9.74. The largest absolute Gasteiger partial charge is 0.484 e. The summed E-state index contributed by atoms with van der Waals surface area (Å²) in [5.41, 5.74) is 0. The highest BCUT2D eigenvalue weighted by atomic mass is 19.1. The van der Waals surface area contributed by atoms with Gasteiger partial charge in [-0.1, -0.05) is 0 Å². The molecule has 5 heteroatoms. The Morgan fingerprint density at radius 3 is 2.80 bits per heavy atom. The normalized spacial score (nSPS) is 25.4. The minimum absolute atomic E-state index is 0.0264. The Bertz CT molecular complexity index is 463. The first-order valence-corrected chi connectivity index (χ1v) is 7.14. The highest BCUT2D eigenvalue weighted by Crippen LogP contribution is 2.28. The van der Waals surface area contributed by atoms with Gasteiger partial charge in [0.2, 0.25) is 0 Å². The van der Waals surface area contributed by atoms with E-state index in [4.69, 9.17) is 4.74 Å². The van der Waals surface area contributed by atoms with Crippen molar-refractivity contribution in [1.29, 1.82) is 0 Å². The smallest absolute Gasteiger partial charge is 0.261 e. The first kappa shape index (κ1) is 13.4. The number of fused-ring (bicyclic) bond motifs is 2. The molecule has 0 radical (unpaired) electrons. The van der Waals surface area contributed by atoms with Gasteiger partial charge in [0.15, 0.2) is 6.61 Å². The van der Waals surface area contributed by atoms with E-state index in [0.29, 0.717) is 17.8 Å². The van der Waals surface area contributed by atoms with Crippen LogP contribution in [0.25, 0.3) is 0 Å². The summed E-state index contributed by atoms with van der Waals surface area (Å²) in [7, 11) is 0. The Kier molecular flexibility index (Phi) is 3.87. The maximum Gasteiger partial charge on any atom is 0.261 e. The number of nitrogens with one attached hydrogen (secondary N) is 1. The Hall–Kier alpha value is -1.62. The van der Waals surface area contributed by atoms with E-state index in [1.807, 2.05) is 4.90 Å². The molecule has 1 amide bonds. The monoisotopic (exact) mass is 278 g/mol. The summed E-state index contributed by atoms with van der Waals surface area (Å²) < 4.78 is 18.3. The predicted octanol–water partition coefficient (Wildman–Crippen LogP) is 1.56. The summed E-state index contributed by atoms with van der Waals surface area (Å²) in [6.07, 6.45) is 3.17. The molecule has 3 rings (SSSR count). The summed E-state index contributed by atoms with van der Waals surface area (Å²) in [4.78, 5) is 14.3. The van der Waals surface area contributed by atoms with Crippen LogP contribution in [0.5, 0.6) is 5.75 Å². The summed E-state index contributed by atoms with van der Waals surface area (Å²) >= 11 is 0. The van der Waals surface area contributed by atoms with Crippen LogP contribution in [-0.4, -0.2) is 42.6 Å². The molecule has 4 nitrogen and oxygen atoms in total. The fourth-order valence-corrected chi connectivity index (χ4v) is 3.14. The highest BCUT2D eigenvalue weighted by molar-refractivity contribution is 5.79. The van der Waals surface area contributed by atoms with E-state index in [0.717, 1.165) is 32.4 Å². The molecule has 2 heterocycles. The van der Waals surface area contributed by atoms with Crippen molar-refractivity contribution >= 4 is 5.91 Å². The molecule has 1 aromatic carbocycles. The lowest BCUT2D eigenvalue weighted by atomic mass is 10.1. The van der Waals surface area contributed by atoms with Crippen molar-refractivity contribution in [2.45, 2.75) is 31.3 Å². The number of nitrogens with zero attached hydrogens (tertiary/aromatic N) is 1. The third-order valence-corrected chi connectivity index (χ3v) is 4.12. The Balaban J connectivity index is 1.60. The van der Waals surface area contributed by atoms with Gasteiger partial charge < -0.3 is 15.0 Å². The SMILES string of the molecule is O=C(COc1ccc(F)cc1)N1C2CCNCC1CC2. The minimum Gasteiger partial charge on any atom is -0.484 e. The molecule has 2 saturated heterocycles. The Morgan fingerprint density at radius 2 is 2.00 bits per heavy atom. The van der Waals surface area contributed by atoms with Crippen LogP contribution in [0, 0.1) is 5.82 Å². The minimum atomic E-state index is -0.305. The van der Waals surface area contributed by atoms with Crippen molar-refractivity contribution in [3.63, 3.8) is 0 Å². The number of halogens is 1. The second-order valence-corrected chi connectivity index (χ2v) is 5.42. The molecule has 0 spiro atoms. The molecule has 1 N–H and O–H groups in total. The van der Waals surface area contributed by atoms with E-state index in [1.54, 1.807) is 12.1 Å². The predicted molar refractivity (Wildman–Crippen MR) is 73.0 cm³/mol. The molecule has 1 aromatic rings. The molecule has 2 unspecified atom stereocenters. The summed E-state index contributed by atoms with van der Waals surface area (Å²) in [5.74, 6) is 0.255. The first-order valence-electron chi connectivity index (χ1n) is 7.14. The van der Waals surface area contributed by atoms with Gasteiger partial charge in [-0.3, -0.25) is 4.79 Å². The number of hydrogen-bond donors (Lipinski definition) is 1. The van der Waals surface area contributed by atoms with Crippen molar-refractivity contribution in [2.24, 2.45) is 0 Å². The lowest BCUT2D eigenvalue weighted by molar-refractivity contribution is -0.136. The van der Waals surface area contributed by atoms with E-state index >= 15 is 0 Å². The standard InChI is InChI=1S/C15H19FN2O2/c16-11-1-5-14(6-2-11)20-10-15(19)18-12-3-4-13(18)9-17-8-7-12/h1-2,5-6,12-13,17H,3-4,7-10H2. The number of rotatable bonds is 3.